The molecule has 3 aromatic rings. The van der Waals surface area contributed by atoms with Crippen LogP contribution in [0.1, 0.15) is 58.2 Å². The molecule has 7 heteroatoms. The molecule has 0 aromatic carbocycles. The van der Waals surface area contributed by atoms with E-state index in [2.05, 4.69) is 15.5 Å². The molecular weight excluding hydrogens is 368 g/mol. The number of nitrogens with zero attached hydrogens (tertiary/aromatic N) is 3. The number of carbonyl (C=O) groups excluding carboxylic acids is 1. The number of hydrogen-bond donors (Lipinski definition) is 1. The summed E-state index contributed by atoms with van der Waals surface area (Å²) >= 11 is 0. The van der Waals surface area contributed by atoms with Crippen LogP contribution in [0.25, 0.3) is 0 Å². The van der Waals surface area contributed by atoms with E-state index in [1.807, 2.05) is 22.8 Å². The van der Waals surface area contributed by atoms with Crippen LogP contribution in [0.15, 0.2) is 52.0 Å². The molecule has 3 aromatic heterocycles. The Morgan fingerprint density at radius 3 is 2.79 bits per heavy atom. The van der Waals surface area contributed by atoms with Gasteiger partial charge in [-0.15, -0.1) is 0 Å². The van der Waals surface area contributed by atoms with Crippen LogP contribution in [-0.2, 0) is 19.4 Å². The molecule has 0 bridgehead atoms. The maximum atomic E-state index is 12.5. The van der Waals surface area contributed by atoms with Gasteiger partial charge in [0, 0.05) is 42.2 Å². The van der Waals surface area contributed by atoms with Gasteiger partial charge in [0.05, 0.1) is 6.54 Å². The summed E-state index contributed by atoms with van der Waals surface area (Å²) in [6.07, 6.45) is 7.91. The summed E-state index contributed by atoms with van der Waals surface area (Å²) in [4.78, 5) is 29.0. The maximum absolute atomic E-state index is 12.5. The zero-order chi connectivity index (χ0) is 19.8. The molecule has 1 saturated carbocycles. The van der Waals surface area contributed by atoms with Crippen LogP contribution in [0.3, 0.4) is 0 Å². The predicted molar refractivity (Wildman–Crippen MR) is 106 cm³/mol. The molecule has 2 aliphatic rings. The second-order valence-electron chi connectivity index (χ2n) is 7.89. The van der Waals surface area contributed by atoms with Gasteiger partial charge < -0.3 is 14.4 Å². The zero-order valence-corrected chi connectivity index (χ0v) is 16.0. The van der Waals surface area contributed by atoms with Gasteiger partial charge in [0.1, 0.15) is 5.76 Å². The van der Waals surface area contributed by atoms with Crippen LogP contribution >= 0.6 is 0 Å². The van der Waals surface area contributed by atoms with E-state index in [0.29, 0.717) is 24.6 Å². The first kappa shape index (κ1) is 17.8. The highest BCUT2D eigenvalue weighted by Gasteiger charge is 2.30. The summed E-state index contributed by atoms with van der Waals surface area (Å²) in [6.45, 7) is 0.532. The molecule has 5 rings (SSSR count). The van der Waals surface area contributed by atoms with Gasteiger partial charge in [-0.1, -0.05) is 11.2 Å². The van der Waals surface area contributed by atoms with Crippen LogP contribution in [0, 0.1) is 0 Å². The Hall–Kier alpha value is -3.22. The summed E-state index contributed by atoms with van der Waals surface area (Å²) in [5, 5.41) is 7.00. The van der Waals surface area contributed by atoms with Crippen LogP contribution < -0.4 is 10.9 Å². The summed E-state index contributed by atoms with van der Waals surface area (Å²) in [5.41, 5.74) is 3.55. The van der Waals surface area contributed by atoms with Crippen molar-refractivity contribution in [2.24, 2.45) is 0 Å². The van der Waals surface area contributed by atoms with Crippen LogP contribution in [0.4, 0.5) is 0 Å². The number of nitrogens with one attached hydrogen (secondary N) is 1. The van der Waals surface area contributed by atoms with Gasteiger partial charge >= 0.3 is 0 Å². The number of fused-ring (bicyclic) bond motifs is 1. The van der Waals surface area contributed by atoms with Crippen molar-refractivity contribution in [1.29, 1.82) is 0 Å². The number of rotatable bonds is 5. The Labute approximate surface area is 167 Å². The average Bonchev–Trinajstić information content (AvgIpc) is 3.47. The fourth-order valence-electron chi connectivity index (χ4n) is 4.01. The van der Waals surface area contributed by atoms with E-state index < -0.39 is 0 Å². The van der Waals surface area contributed by atoms with Crippen molar-refractivity contribution in [3.63, 3.8) is 0 Å². The Balaban J connectivity index is 1.31. The van der Waals surface area contributed by atoms with Crippen molar-refractivity contribution in [2.45, 2.75) is 50.6 Å². The van der Waals surface area contributed by atoms with E-state index in [1.165, 1.54) is 0 Å². The second kappa shape index (κ2) is 7.31. The quantitative estimate of drug-likeness (QED) is 0.723. The summed E-state index contributed by atoms with van der Waals surface area (Å²) in [5.74, 6) is 1.05. The third-order valence-corrected chi connectivity index (χ3v) is 5.75. The number of amides is 1. The lowest BCUT2D eigenvalue weighted by Gasteiger charge is -2.27. The van der Waals surface area contributed by atoms with Gasteiger partial charge in [-0.25, -0.2) is 0 Å². The standard InChI is InChI=1S/C22H22N4O3/c27-21-6-3-16-11-17(24-22(28)18-12-20(29-25-18)15-1-2-15)4-5-19(16)26(21)13-14-7-9-23-10-8-14/h3,6-10,12,15,17H,1-2,4-5,11,13H2,(H,24,28). The fraction of sp³-hybridized carbons (Fsp3) is 0.364. The second-order valence-corrected chi connectivity index (χ2v) is 7.89. The largest absolute Gasteiger partial charge is 0.360 e. The molecule has 0 radical (unpaired) electrons. The molecule has 2 aliphatic carbocycles. The van der Waals surface area contributed by atoms with Gasteiger partial charge in [0.15, 0.2) is 5.69 Å². The molecule has 0 saturated heterocycles. The minimum atomic E-state index is -0.195. The Morgan fingerprint density at radius 1 is 1.17 bits per heavy atom. The molecular formula is C22H22N4O3. The maximum Gasteiger partial charge on any atom is 0.273 e. The molecule has 148 valence electrons. The molecule has 7 nitrogen and oxygen atoms in total. The van der Waals surface area contributed by atoms with Crippen LogP contribution in [0.5, 0.6) is 0 Å². The Morgan fingerprint density at radius 2 is 2.00 bits per heavy atom. The number of aromatic nitrogens is 3. The molecule has 1 unspecified atom stereocenters. The highest BCUT2D eigenvalue weighted by Crippen LogP contribution is 2.40. The molecule has 29 heavy (non-hydrogen) atoms. The fourth-order valence-corrected chi connectivity index (χ4v) is 4.01. The summed E-state index contributed by atoms with van der Waals surface area (Å²) < 4.78 is 7.12. The van der Waals surface area contributed by atoms with Gasteiger partial charge in [-0.3, -0.25) is 14.6 Å². The van der Waals surface area contributed by atoms with Crippen molar-refractivity contribution in [3.05, 3.63) is 81.4 Å². The minimum absolute atomic E-state index is 0.00162. The minimum Gasteiger partial charge on any atom is -0.360 e. The monoisotopic (exact) mass is 390 g/mol. The lowest BCUT2D eigenvalue weighted by Crippen LogP contribution is -2.40. The number of pyridine rings is 2. The molecule has 0 spiro atoms. The third-order valence-electron chi connectivity index (χ3n) is 5.75. The molecule has 0 aliphatic heterocycles. The normalized spacial score (nSPS) is 18.3. The predicted octanol–water partition coefficient (Wildman–Crippen LogP) is 2.44. The third kappa shape index (κ3) is 3.72. The van der Waals surface area contributed by atoms with Gasteiger partial charge in [0.25, 0.3) is 11.5 Å². The van der Waals surface area contributed by atoms with Gasteiger partial charge in [-0.05, 0) is 55.4 Å². The first-order valence-corrected chi connectivity index (χ1v) is 10.1. The highest BCUT2D eigenvalue weighted by molar-refractivity contribution is 5.92. The lowest BCUT2D eigenvalue weighted by molar-refractivity contribution is 0.0924. The van der Waals surface area contributed by atoms with E-state index >= 15 is 0 Å². The zero-order valence-electron chi connectivity index (χ0n) is 16.0. The van der Waals surface area contributed by atoms with Crippen molar-refractivity contribution in [3.8, 4) is 0 Å². The molecule has 1 amide bonds. The van der Waals surface area contributed by atoms with Gasteiger partial charge in [0.2, 0.25) is 0 Å². The first-order chi connectivity index (χ1) is 14.2. The molecule has 1 N–H and O–H groups in total. The molecule has 3 heterocycles. The first-order valence-electron chi connectivity index (χ1n) is 10.1. The van der Waals surface area contributed by atoms with E-state index in [1.54, 1.807) is 24.5 Å². The average molecular weight is 390 g/mol. The van der Waals surface area contributed by atoms with Crippen molar-refractivity contribution in [1.82, 2.24) is 20.0 Å². The smallest absolute Gasteiger partial charge is 0.273 e. The molecule has 1 fully saturated rings. The Kier molecular flexibility index (Phi) is 4.50. The van der Waals surface area contributed by atoms with Crippen LogP contribution in [0.2, 0.25) is 0 Å². The van der Waals surface area contributed by atoms with E-state index in [-0.39, 0.29) is 17.5 Å². The SMILES string of the molecule is O=C(NC1CCc2c(ccc(=O)n2Cc2ccncc2)C1)c1cc(C2CC2)on1. The van der Waals surface area contributed by atoms with Crippen LogP contribution in [-0.4, -0.2) is 26.7 Å². The number of carbonyl (C=O) groups is 1. The van der Waals surface area contributed by atoms with E-state index in [4.69, 9.17) is 4.52 Å². The molecule has 1 atom stereocenters. The summed E-state index contributed by atoms with van der Waals surface area (Å²) in [7, 11) is 0. The van der Waals surface area contributed by atoms with Crippen molar-refractivity contribution >= 4 is 5.91 Å². The van der Waals surface area contributed by atoms with E-state index in [9.17, 15) is 9.59 Å². The number of hydrogen-bond acceptors (Lipinski definition) is 5. The van der Waals surface area contributed by atoms with E-state index in [0.717, 1.165) is 48.3 Å². The van der Waals surface area contributed by atoms with Crippen molar-refractivity contribution in [2.75, 3.05) is 0 Å². The topological polar surface area (TPSA) is 90.0 Å². The van der Waals surface area contributed by atoms with Gasteiger partial charge in [-0.2, -0.15) is 0 Å². The summed E-state index contributed by atoms with van der Waals surface area (Å²) in [6, 6.07) is 9.13. The Bertz CT molecular complexity index is 1100. The van der Waals surface area contributed by atoms with Crippen molar-refractivity contribution < 1.29 is 9.32 Å². The lowest BCUT2D eigenvalue weighted by atomic mass is 9.91. The highest BCUT2D eigenvalue weighted by atomic mass is 16.5.